The second kappa shape index (κ2) is 7.70. The zero-order chi connectivity index (χ0) is 17.8. The molecule has 1 saturated heterocycles. The molecule has 1 atom stereocenters. The fourth-order valence-electron chi connectivity index (χ4n) is 3.30. The molecule has 0 bridgehead atoms. The Labute approximate surface area is 146 Å². The summed E-state index contributed by atoms with van der Waals surface area (Å²) in [5, 5.41) is 0.812. The third-order valence-electron chi connectivity index (χ3n) is 4.62. The lowest BCUT2D eigenvalue weighted by Crippen LogP contribution is -2.44. The summed E-state index contributed by atoms with van der Waals surface area (Å²) < 4.78 is 16.0. The van der Waals surface area contributed by atoms with Gasteiger partial charge < -0.3 is 18.8 Å². The largest absolute Gasteiger partial charge is 0.450 e. The number of methoxy groups -OCH3 is 1. The maximum absolute atomic E-state index is 12.4. The standard InChI is InChI=1S/C19H23NO5/c1-13-7-5-6-10-20(13)17(21)12-24-19(22)18-15(11-23-2)14-8-3-4-9-16(14)25-18/h3-4,8-9,13H,5-7,10-12H2,1-2H3/t13-/m1/s1. The first-order valence-corrected chi connectivity index (χ1v) is 8.57. The summed E-state index contributed by atoms with van der Waals surface area (Å²) in [6.07, 6.45) is 3.11. The molecule has 0 saturated carbocycles. The van der Waals surface area contributed by atoms with Gasteiger partial charge in [0.2, 0.25) is 5.76 Å². The second-order valence-electron chi connectivity index (χ2n) is 6.35. The van der Waals surface area contributed by atoms with E-state index in [1.807, 2.05) is 25.1 Å². The van der Waals surface area contributed by atoms with Crippen LogP contribution in [0.3, 0.4) is 0 Å². The molecule has 1 aromatic carbocycles. The number of fused-ring (bicyclic) bond motifs is 1. The number of hydrogen-bond donors (Lipinski definition) is 0. The number of likely N-dealkylation sites (tertiary alicyclic amines) is 1. The number of esters is 1. The van der Waals surface area contributed by atoms with Gasteiger partial charge in [0, 0.05) is 30.6 Å². The van der Waals surface area contributed by atoms with E-state index in [0.717, 1.165) is 31.2 Å². The zero-order valence-electron chi connectivity index (χ0n) is 14.6. The minimum Gasteiger partial charge on any atom is -0.450 e. The van der Waals surface area contributed by atoms with Crippen molar-refractivity contribution in [2.75, 3.05) is 20.3 Å². The predicted octanol–water partition coefficient (Wildman–Crippen LogP) is 3.14. The molecule has 134 valence electrons. The molecule has 3 rings (SSSR count). The van der Waals surface area contributed by atoms with Crippen molar-refractivity contribution in [3.8, 4) is 0 Å². The van der Waals surface area contributed by atoms with Gasteiger partial charge in [-0.25, -0.2) is 4.79 Å². The molecule has 0 spiro atoms. The van der Waals surface area contributed by atoms with Crippen molar-refractivity contribution in [1.82, 2.24) is 4.90 Å². The molecule has 1 aromatic heterocycles. The Morgan fingerprint density at radius 2 is 2.08 bits per heavy atom. The smallest absolute Gasteiger partial charge is 0.375 e. The van der Waals surface area contributed by atoms with Gasteiger partial charge in [0.05, 0.1) is 6.61 Å². The van der Waals surface area contributed by atoms with Gasteiger partial charge in [-0.1, -0.05) is 18.2 Å². The van der Waals surface area contributed by atoms with Crippen LogP contribution in [0.4, 0.5) is 0 Å². The number of carbonyl (C=O) groups excluding carboxylic acids is 2. The van der Waals surface area contributed by atoms with E-state index in [0.29, 0.717) is 11.1 Å². The van der Waals surface area contributed by atoms with E-state index in [1.54, 1.807) is 18.1 Å². The molecule has 0 aliphatic carbocycles. The Kier molecular flexibility index (Phi) is 5.38. The normalized spacial score (nSPS) is 17.7. The summed E-state index contributed by atoms with van der Waals surface area (Å²) >= 11 is 0. The van der Waals surface area contributed by atoms with E-state index in [9.17, 15) is 9.59 Å². The first kappa shape index (κ1) is 17.5. The minimum atomic E-state index is -0.638. The molecular weight excluding hydrogens is 322 g/mol. The van der Waals surface area contributed by atoms with Crippen LogP contribution in [-0.2, 0) is 20.9 Å². The van der Waals surface area contributed by atoms with Crippen molar-refractivity contribution < 1.29 is 23.5 Å². The third kappa shape index (κ3) is 3.69. The van der Waals surface area contributed by atoms with Crippen LogP contribution in [0.5, 0.6) is 0 Å². The van der Waals surface area contributed by atoms with Crippen LogP contribution in [0.15, 0.2) is 28.7 Å². The molecule has 6 heteroatoms. The summed E-state index contributed by atoms with van der Waals surface area (Å²) in [4.78, 5) is 26.5. The Morgan fingerprint density at radius 1 is 1.28 bits per heavy atom. The monoisotopic (exact) mass is 345 g/mol. The van der Waals surface area contributed by atoms with Crippen molar-refractivity contribution in [2.45, 2.75) is 38.8 Å². The lowest BCUT2D eigenvalue weighted by atomic mass is 10.0. The highest BCUT2D eigenvalue weighted by atomic mass is 16.5. The molecule has 25 heavy (non-hydrogen) atoms. The van der Waals surface area contributed by atoms with Crippen LogP contribution in [-0.4, -0.2) is 43.1 Å². The summed E-state index contributed by atoms with van der Waals surface area (Å²) in [6, 6.07) is 7.54. The Balaban J connectivity index is 1.71. The Bertz CT molecular complexity index is 766. The first-order chi connectivity index (χ1) is 12.1. The third-order valence-corrected chi connectivity index (χ3v) is 4.62. The van der Waals surface area contributed by atoms with Gasteiger partial charge in [0.1, 0.15) is 5.58 Å². The molecule has 2 heterocycles. The van der Waals surface area contributed by atoms with E-state index in [4.69, 9.17) is 13.9 Å². The molecule has 1 aliphatic heterocycles. The van der Waals surface area contributed by atoms with Gasteiger partial charge in [-0.05, 0) is 32.3 Å². The van der Waals surface area contributed by atoms with E-state index >= 15 is 0 Å². The highest BCUT2D eigenvalue weighted by molar-refractivity contribution is 5.96. The van der Waals surface area contributed by atoms with Crippen LogP contribution < -0.4 is 0 Å². The van der Waals surface area contributed by atoms with E-state index in [2.05, 4.69) is 0 Å². The summed E-state index contributed by atoms with van der Waals surface area (Å²) in [5.74, 6) is -0.700. The molecule has 1 aliphatic rings. The van der Waals surface area contributed by atoms with Gasteiger partial charge in [0.15, 0.2) is 6.61 Å². The Morgan fingerprint density at radius 3 is 2.84 bits per heavy atom. The zero-order valence-corrected chi connectivity index (χ0v) is 14.6. The van der Waals surface area contributed by atoms with E-state index in [1.165, 1.54) is 0 Å². The number of rotatable bonds is 5. The number of hydrogen-bond acceptors (Lipinski definition) is 5. The fraction of sp³-hybridized carbons (Fsp3) is 0.474. The number of benzene rings is 1. The lowest BCUT2D eigenvalue weighted by molar-refractivity contribution is -0.137. The van der Waals surface area contributed by atoms with Gasteiger partial charge in [-0.3, -0.25) is 4.79 Å². The van der Waals surface area contributed by atoms with E-state index < -0.39 is 5.97 Å². The van der Waals surface area contributed by atoms with Crippen molar-refractivity contribution in [2.24, 2.45) is 0 Å². The molecule has 6 nitrogen and oxygen atoms in total. The quantitative estimate of drug-likeness (QED) is 0.779. The molecule has 0 N–H and O–H groups in total. The molecular formula is C19H23NO5. The van der Waals surface area contributed by atoms with Crippen molar-refractivity contribution in [1.29, 1.82) is 0 Å². The Hall–Kier alpha value is -2.34. The number of carbonyl (C=O) groups is 2. The van der Waals surface area contributed by atoms with Gasteiger partial charge >= 0.3 is 5.97 Å². The lowest BCUT2D eigenvalue weighted by Gasteiger charge is -2.33. The van der Waals surface area contributed by atoms with Crippen molar-refractivity contribution in [3.63, 3.8) is 0 Å². The van der Waals surface area contributed by atoms with Crippen LogP contribution >= 0.6 is 0 Å². The predicted molar refractivity (Wildman–Crippen MR) is 92.2 cm³/mol. The number of nitrogens with zero attached hydrogens (tertiary/aromatic N) is 1. The van der Waals surface area contributed by atoms with Crippen LogP contribution in [0.2, 0.25) is 0 Å². The summed E-state index contributed by atoms with van der Waals surface area (Å²) in [5.41, 5.74) is 1.24. The maximum Gasteiger partial charge on any atom is 0.375 e. The van der Waals surface area contributed by atoms with Crippen LogP contribution in [0.1, 0.15) is 42.3 Å². The number of amides is 1. The topological polar surface area (TPSA) is 69.0 Å². The average molecular weight is 345 g/mol. The van der Waals surface area contributed by atoms with Crippen molar-refractivity contribution >= 4 is 22.8 Å². The molecule has 1 amide bonds. The molecule has 1 fully saturated rings. The molecule has 0 unspecified atom stereocenters. The van der Waals surface area contributed by atoms with Gasteiger partial charge in [-0.15, -0.1) is 0 Å². The number of piperidine rings is 1. The van der Waals surface area contributed by atoms with Gasteiger partial charge in [0.25, 0.3) is 5.91 Å². The highest BCUT2D eigenvalue weighted by Crippen LogP contribution is 2.27. The minimum absolute atomic E-state index is 0.0996. The second-order valence-corrected chi connectivity index (χ2v) is 6.35. The summed E-state index contributed by atoms with van der Waals surface area (Å²) in [6.45, 7) is 2.71. The van der Waals surface area contributed by atoms with E-state index in [-0.39, 0.29) is 30.9 Å². The SMILES string of the molecule is COCc1c(C(=O)OCC(=O)N2CCCC[C@H]2C)oc2ccccc12. The van der Waals surface area contributed by atoms with Crippen LogP contribution in [0, 0.1) is 0 Å². The van der Waals surface area contributed by atoms with Gasteiger partial charge in [-0.2, -0.15) is 0 Å². The maximum atomic E-state index is 12.4. The average Bonchev–Trinajstić information content (AvgIpc) is 2.99. The van der Waals surface area contributed by atoms with Crippen molar-refractivity contribution in [3.05, 3.63) is 35.6 Å². The molecule has 2 aromatic rings. The highest BCUT2D eigenvalue weighted by Gasteiger charge is 2.26. The molecule has 0 radical (unpaired) electrons. The number of para-hydroxylation sites is 1. The fourth-order valence-corrected chi connectivity index (χ4v) is 3.30. The summed E-state index contributed by atoms with van der Waals surface area (Å²) in [7, 11) is 1.55. The van der Waals surface area contributed by atoms with Crippen LogP contribution in [0.25, 0.3) is 11.0 Å². The number of ether oxygens (including phenoxy) is 2. The first-order valence-electron chi connectivity index (χ1n) is 8.57. The number of furan rings is 1.